The van der Waals surface area contributed by atoms with Crippen molar-refractivity contribution in [3.63, 3.8) is 0 Å². The number of nitrogens with two attached hydrogens (primary N) is 1. The number of hydrogen-bond acceptors (Lipinski definition) is 7. The number of nitrogen functional groups attached to an aromatic ring is 1. The van der Waals surface area contributed by atoms with Gasteiger partial charge in [-0.1, -0.05) is 6.07 Å². The maximum atomic E-state index is 12.4. The summed E-state index contributed by atoms with van der Waals surface area (Å²) in [6, 6.07) is 5.32. The molecule has 0 aliphatic carbocycles. The van der Waals surface area contributed by atoms with Gasteiger partial charge in [-0.25, -0.2) is 19.7 Å². The van der Waals surface area contributed by atoms with Gasteiger partial charge in [0, 0.05) is 12.3 Å². The molecular weight excluding hydrogens is 336 g/mol. The van der Waals surface area contributed by atoms with Crippen LogP contribution in [0.2, 0.25) is 0 Å². The molecule has 3 N–H and O–H groups in total. The second-order valence-corrected chi connectivity index (χ2v) is 5.81. The Balaban J connectivity index is 1.82. The Bertz CT molecular complexity index is 1140. The summed E-state index contributed by atoms with van der Waals surface area (Å²) >= 11 is 0. The third kappa shape index (κ3) is 2.69. The monoisotopic (exact) mass is 352 g/mol. The van der Waals surface area contributed by atoms with Gasteiger partial charge in [-0.3, -0.25) is 4.57 Å². The average molecular weight is 352 g/mol. The SMILES string of the molecule is COc1ccc(Cn2c(=O)[nH]c3c(N)nc(-c4nc(C)co4)cc32)cn1. The standard InChI is InChI=1S/C17H16N6O3/c1-9-8-26-16(20-9)11-5-12-14(15(18)21-11)22-17(24)23(12)7-10-3-4-13(25-2)19-6-10/h3-6,8H,7H2,1-2H3,(H2,18,21)(H,22,24). The lowest BCUT2D eigenvalue weighted by Crippen LogP contribution is -2.17. The first-order valence-electron chi connectivity index (χ1n) is 7.85. The van der Waals surface area contributed by atoms with E-state index in [9.17, 15) is 4.79 Å². The predicted octanol–water partition coefficient (Wildman–Crippen LogP) is 1.72. The Kier molecular flexibility index (Phi) is 3.68. The molecule has 0 unspecified atom stereocenters. The summed E-state index contributed by atoms with van der Waals surface area (Å²) in [6.07, 6.45) is 3.19. The molecule has 9 nitrogen and oxygen atoms in total. The molecule has 0 bridgehead atoms. The zero-order chi connectivity index (χ0) is 18.3. The van der Waals surface area contributed by atoms with Gasteiger partial charge in [0.05, 0.1) is 24.9 Å². The predicted molar refractivity (Wildman–Crippen MR) is 94.9 cm³/mol. The van der Waals surface area contributed by atoms with Crippen LogP contribution in [0.4, 0.5) is 5.82 Å². The fourth-order valence-corrected chi connectivity index (χ4v) is 2.72. The van der Waals surface area contributed by atoms with E-state index in [1.54, 1.807) is 30.0 Å². The number of imidazole rings is 1. The number of anilines is 1. The number of H-pyrrole nitrogens is 1. The summed E-state index contributed by atoms with van der Waals surface area (Å²) in [7, 11) is 1.55. The van der Waals surface area contributed by atoms with Crippen molar-refractivity contribution in [3.05, 3.63) is 52.4 Å². The van der Waals surface area contributed by atoms with E-state index in [0.717, 1.165) is 11.3 Å². The second-order valence-electron chi connectivity index (χ2n) is 5.81. The quantitative estimate of drug-likeness (QED) is 0.573. The molecule has 4 rings (SSSR count). The Morgan fingerprint density at radius 3 is 2.85 bits per heavy atom. The number of nitrogens with one attached hydrogen (secondary N) is 1. The number of hydrogen-bond donors (Lipinski definition) is 2. The lowest BCUT2D eigenvalue weighted by Gasteiger charge is -2.06. The summed E-state index contributed by atoms with van der Waals surface area (Å²) in [4.78, 5) is 27.9. The summed E-state index contributed by atoms with van der Waals surface area (Å²) in [5, 5.41) is 0. The van der Waals surface area contributed by atoms with Crippen molar-refractivity contribution in [1.82, 2.24) is 24.5 Å². The van der Waals surface area contributed by atoms with E-state index in [1.165, 1.54) is 6.26 Å². The van der Waals surface area contributed by atoms with E-state index in [2.05, 4.69) is 19.9 Å². The van der Waals surface area contributed by atoms with E-state index in [0.29, 0.717) is 35.0 Å². The fraction of sp³-hybridized carbons (Fsp3) is 0.176. The van der Waals surface area contributed by atoms with Crippen LogP contribution in [-0.4, -0.2) is 31.6 Å². The Morgan fingerprint density at radius 2 is 2.19 bits per heavy atom. The van der Waals surface area contributed by atoms with Crippen molar-refractivity contribution >= 4 is 16.9 Å². The normalized spacial score (nSPS) is 11.2. The number of methoxy groups -OCH3 is 1. The number of pyridine rings is 2. The van der Waals surface area contributed by atoms with Gasteiger partial charge < -0.3 is 19.9 Å². The number of fused-ring (bicyclic) bond motifs is 1. The maximum Gasteiger partial charge on any atom is 0.326 e. The maximum absolute atomic E-state index is 12.4. The number of ether oxygens (including phenoxy) is 1. The molecule has 132 valence electrons. The summed E-state index contributed by atoms with van der Waals surface area (Å²) < 4.78 is 12.0. The Morgan fingerprint density at radius 1 is 1.35 bits per heavy atom. The van der Waals surface area contributed by atoms with Gasteiger partial charge in [0.15, 0.2) is 0 Å². The molecule has 0 amide bonds. The highest BCUT2D eigenvalue weighted by molar-refractivity contribution is 5.87. The van der Waals surface area contributed by atoms with Gasteiger partial charge in [0.25, 0.3) is 0 Å². The highest BCUT2D eigenvalue weighted by Gasteiger charge is 2.16. The molecule has 0 saturated carbocycles. The number of aromatic nitrogens is 5. The zero-order valence-corrected chi connectivity index (χ0v) is 14.2. The van der Waals surface area contributed by atoms with Gasteiger partial charge in [0.2, 0.25) is 11.8 Å². The van der Waals surface area contributed by atoms with Crippen LogP contribution in [0, 0.1) is 6.92 Å². The zero-order valence-electron chi connectivity index (χ0n) is 14.2. The molecule has 0 spiro atoms. The first-order valence-corrected chi connectivity index (χ1v) is 7.85. The molecule has 4 aromatic heterocycles. The molecule has 0 fully saturated rings. The van der Waals surface area contributed by atoms with Crippen LogP contribution in [0.25, 0.3) is 22.6 Å². The molecule has 4 heterocycles. The van der Waals surface area contributed by atoms with Crippen LogP contribution in [0.5, 0.6) is 5.88 Å². The van der Waals surface area contributed by atoms with Crippen LogP contribution in [-0.2, 0) is 6.54 Å². The Hall–Kier alpha value is -3.62. The summed E-state index contributed by atoms with van der Waals surface area (Å²) in [6.45, 7) is 2.14. The van der Waals surface area contributed by atoms with Crippen molar-refractivity contribution in [2.24, 2.45) is 0 Å². The number of aryl methyl sites for hydroxylation is 1. The number of rotatable bonds is 4. The Labute approximate surface area is 147 Å². The van der Waals surface area contributed by atoms with Gasteiger partial charge >= 0.3 is 5.69 Å². The lowest BCUT2D eigenvalue weighted by atomic mass is 10.2. The van der Waals surface area contributed by atoms with Crippen LogP contribution in [0.1, 0.15) is 11.3 Å². The van der Waals surface area contributed by atoms with Crippen LogP contribution >= 0.6 is 0 Å². The molecule has 0 aromatic carbocycles. The molecule has 26 heavy (non-hydrogen) atoms. The van der Waals surface area contributed by atoms with Gasteiger partial charge in [-0.15, -0.1) is 0 Å². The molecule has 9 heteroatoms. The van der Waals surface area contributed by atoms with Crippen LogP contribution < -0.4 is 16.2 Å². The molecule has 4 aromatic rings. The van der Waals surface area contributed by atoms with E-state index in [-0.39, 0.29) is 11.5 Å². The molecule has 0 radical (unpaired) electrons. The van der Waals surface area contributed by atoms with E-state index < -0.39 is 0 Å². The van der Waals surface area contributed by atoms with Crippen LogP contribution in [0.15, 0.2) is 39.9 Å². The van der Waals surface area contributed by atoms with Crippen molar-refractivity contribution in [2.45, 2.75) is 13.5 Å². The topological polar surface area (TPSA) is 125 Å². The average Bonchev–Trinajstić information content (AvgIpc) is 3.20. The number of oxazole rings is 1. The van der Waals surface area contributed by atoms with E-state index >= 15 is 0 Å². The molecule has 0 saturated heterocycles. The minimum Gasteiger partial charge on any atom is -0.481 e. The first kappa shape index (κ1) is 15.9. The highest BCUT2D eigenvalue weighted by atomic mass is 16.5. The van der Waals surface area contributed by atoms with Crippen LogP contribution in [0.3, 0.4) is 0 Å². The van der Waals surface area contributed by atoms with Gasteiger partial charge in [-0.2, -0.15) is 0 Å². The van der Waals surface area contributed by atoms with Crippen molar-refractivity contribution in [3.8, 4) is 17.5 Å². The smallest absolute Gasteiger partial charge is 0.326 e. The van der Waals surface area contributed by atoms with Gasteiger partial charge in [0.1, 0.15) is 23.3 Å². The fourth-order valence-electron chi connectivity index (χ4n) is 2.72. The van der Waals surface area contributed by atoms with Crippen molar-refractivity contribution < 1.29 is 9.15 Å². The summed E-state index contributed by atoms with van der Waals surface area (Å²) in [5.74, 6) is 1.06. The van der Waals surface area contributed by atoms with Gasteiger partial charge in [-0.05, 0) is 18.6 Å². The largest absolute Gasteiger partial charge is 0.481 e. The van der Waals surface area contributed by atoms with Crippen molar-refractivity contribution in [1.29, 1.82) is 0 Å². The molecule has 0 atom stereocenters. The van der Waals surface area contributed by atoms with Crippen molar-refractivity contribution in [2.75, 3.05) is 12.8 Å². The first-order chi connectivity index (χ1) is 12.5. The second kappa shape index (κ2) is 6.03. The number of aromatic amines is 1. The molecule has 0 aliphatic heterocycles. The molecule has 0 aliphatic rings. The lowest BCUT2D eigenvalue weighted by molar-refractivity contribution is 0.397. The van der Waals surface area contributed by atoms with E-state index in [1.807, 2.05) is 13.0 Å². The highest BCUT2D eigenvalue weighted by Crippen LogP contribution is 2.24. The van der Waals surface area contributed by atoms with E-state index in [4.69, 9.17) is 14.9 Å². The minimum absolute atomic E-state index is 0.206. The molecular formula is C17H16N6O3. The third-order valence-electron chi connectivity index (χ3n) is 3.98. The third-order valence-corrected chi connectivity index (χ3v) is 3.98. The summed E-state index contributed by atoms with van der Waals surface area (Å²) in [5.41, 5.74) is 8.86. The number of nitrogens with zero attached hydrogens (tertiary/aromatic N) is 4. The minimum atomic E-state index is -0.287.